The van der Waals surface area contributed by atoms with Crippen LogP contribution in [0.4, 0.5) is 0 Å². The first-order chi connectivity index (χ1) is 8.46. The molecule has 3 fully saturated rings. The van der Waals surface area contributed by atoms with Gasteiger partial charge in [-0.3, -0.25) is 4.79 Å². The Hall–Kier alpha value is -0.410. The number of ether oxygens (including phenoxy) is 2. The molecule has 0 unspecified atom stereocenters. The van der Waals surface area contributed by atoms with Gasteiger partial charge in [-0.1, -0.05) is 20.8 Å². The van der Waals surface area contributed by atoms with Crippen molar-refractivity contribution in [1.29, 1.82) is 0 Å². The van der Waals surface area contributed by atoms with Crippen molar-refractivity contribution in [3.8, 4) is 0 Å². The summed E-state index contributed by atoms with van der Waals surface area (Å²) in [5.74, 6) is 0.468. The third-order valence-corrected chi connectivity index (χ3v) is 5.85. The molecule has 1 spiro atoms. The Morgan fingerprint density at radius 1 is 1.28 bits per heavy atom. The minimum atomic E-state index is -0.503. The van der Waals surface area contributed by atoms with Crippen molar-refractivity contribution in [3.63, 3.8) is 0 Å². The van der Waals surface area contributed by atoms with E-state index in [0.29, 0.717) is 31.3 Å². The van der Waals surface area contributed by atoms with Crippen LogP contribution >= 0.6 is 0 Å². The van der Waals surface area contributed by atoms with Crippen LogP contribution in [0.3, 0.4) is 0 Å². The first kappa shape index (κ1) is 12.6. The average Bonchev–Trinajstić information content (AvgIpc) is 2.95. The maximum atomic E-state index is 12.4. The van der Waals surface area contributed by atoms with Crippen molar-refractivity contribution in [2.45, 2.75) is 58.7 Å². The Kier molecular flexibility index (Phi) is 2.66. The third-order valence-electron chi connectivity index (χ3n) is 5.85. The van der Waals surface area contributed by atoms with Crippen molar-refractivity contribution in [2.75, 3.05) is 13.2 Å². The molecule has 3 nitrogen and oxygen atoms in total. The van der Waals surface area contributed by atoms with Crippen molar-refractivity contribution < 1.29 is 14.3 Å². The Morgan fingerprint density at radius 2 is 1.94 bits per heavy atom. The minimum Gasteiger partial charge on any atom is -0.347 e. The maximum Gasteiger partial charge on any atom is 0.174 e. The lowest BCUT2D eigenvalue weighted by molar-refractivity contribution is -0.271. The Bertz CT molecular complexity index is 368. The van der Waals surface area contributed by atoms with Gasteiger partial charge in [0, 0.05) is 23.7 Å². The van der Waals surface area contributed by atoms with Gasteiger partial charge in [0.2, 0.25) is 0 Å². The molecule has 3 aliphatic rings. The van der Waals surface area contributed by atoms with E-state index in [9.17, 15) is 4.79 Å². The largest absolute Gasteiger partial charge is 0.347 e. The number of hydrogen-bond donors (Lipinski definition) is 0. The molecule has 0 aromatic carbocycles. The maximum absolute atomic E-state index is 12.4. The van der Waals surface area contributed by atoms with Gasteiger partial charge in [-0.15, -0.1) is 0 Å². The zero-order chi connectivity index (χ0) is 13.0. The lowest BCUT2D eigenvalue weighted by Crippen LogP contribution is -2.56. The van der Waals surface area contributed by atoms with Gasteiger partial charge in [-0.05, 0) is 25.2 Å². The van der Waals surface area contributed by atoms with Crippen molar-refractivity contribution in [2.24, 2.45) is 16.7 Å². The summed E-state index contributed by atoms with van der Waals surface area (Å²) in [5.41, 5.74) is -0.128. The van der Waals surface area contributed by atoms with E-state index in [1.807, 2.05) is 6.92 Å². The van der Waals surface area contributed by atoms with Crippen molar-refractivity contribution in [3.05, 3.63) is 0 Å². The van der Waals surface area contributed by atoms with Crippen LogP contribution in [0, 0.1) is 16.7 Å². The van der Waals surface area contributed by atoms with E-state index >= 15 is 0 Å². The number of carbonyl (C=O) groups is 1. The predicted molar refractivity (Wildman–Crippen MR) is 68.1 cm³/mol. The van der Waals surface area contributed by atoms with Gasteiger partial charge in [-0.25, -0.2) is 0 Å². The van der Waals surface area contributed by atoms with E-state index in [1.54, 1.807) is 0 Å². The second-order valence-electron chi connectivity index (χ2n) is 6.85. The van der Waals surface area contributed by atoms with Crippen molar-refractivity contribution in [1.82, 2.24) is 0 Å². The molecule has 3 heteroatoms. The van der Waals surface area contributed by atoms with Crippen LogP contribution in [0.5, 0.6) is 0 Å². The van der Waals surface area contributed by atoms with Gasteiger partial charge < -0.3 is 9.47 Å². The molecule has 0 aromatic rings. The second-order valence-corrected chi connectivity index (χ2v) is 6.85. The standard InChI is InChI=1S/C15H24O3/c1-4-12(16)14-6-5-11(9-14)13(2,3)15(10-14)17-7-8-18-15/h11H,4-10H2,1-3H3/t11-,14-/m1/s1. The first-order valence-corrected chi connectivity index (χ1v) is 7.27. The van der Waals surface area contributed by atoms with E-state index in [0.717, 1.165) is 25.7 Å². The van der Waals surface area contributed by atoms with E-state index in [1.165, 1.54) is 0 Å². The van der Waals surface area contributed by atoms with Gasteiger partial charge >= 0.3 is 0 Å². The van der Waals surface area contributed by atoms with Gasteiger partial charge in [0.1, 0.15) is 5.78 Å². The first-order valence-electron chi connectivity index (χ1n) is 7.27. The SMILES string of the molecule is CCC(=O)[C@]12CC[C@H](C1)C(C)(C)C1(C2)OCCO1. The smallest absolute Gasteiger partial charge is 0.174 e. The molecule has 0 amide bonds. The molecule has 2 aliphatic carbocycles. The average molecular weight is 252 g/mol. The highest BCUT2D eigenvalue weighted by molar-refractivity contribution is 5.85. The summed E-state index contributed by atoms with van der Waals surface area (Å²) < 4.78 is 12.0. The molecule has 0 radical (unpaired) electrons. The monoisotopic (exact) mass is 252 g/mol. The van der Waals surface area contributed by atoms with Crippen LogP contribution in [0.25, 0.3) is 0 Å². The van der Waals surface area contributed by atoms with Gasteiger partial charge in [0.25, 0.3) is 0 Å². The summed E-state index contributed by atoms with van der Waals surface area (Å²) in [7, 11) is 0. The third kappa shape index (κ3) is 1.41. The topological polar surface area (TPSA) is 35.5 Å². The molecular formula is C15H24O3. The Morgan fingerprint density at radius 3 is 2.56 bits per heavy atom. The highest BCUT2D eigenvalue weighted by Gasteiger charge is 2.66. The number of fused-ring (bicyclic) bond motifs is 2. The van der Waals surface area contributed by atoms with E-state index in [4.69, 9.17) is 9.47 Å². The summed E-state index contributed by atoms with van der Waals surface area (Å²) in [6.45, 7) is 7.84. The van der Waals surface area contributed by atoms with E-state index in [2.05, 4.69) is 13.8 Å². The summed E-state index contributed by atoms with van der Waals surface area (Å²) in [6.07, 6.45) is 4.63. The van der Waals surface area contributed by atoms with Gasteiger partial charge in [0.15, 0.2) is 5.79 Å². The molecule has 1 aliphatic heterocycles. The minimum absolute atomic E-state index is 0.0253. The number of carbonyl (C=O) groups excluding carboxylic acids is 1. The summed E-state index contributed by atoms with van der Waals surface area (Å²) in [4.78, 5) is 12.4. The number of hydrogen-bond acceptors (Lipinski definition) is 3. The molecule has 1 heterocycles. The van der Waals surface area contributed by atoms with Crippen LogP contribution in [0.1, 0.15) is 52.9 Å². The summed E-state index contributed by atoms with van der Waals surface area (Å²) >= 11 is 0. The molecule has 102 valence electrons. The molecule has 2 bridgehead atoms. The highest BCUT2D eigenvalue weighted by atomic mass is 16.7. The van der Waals surface area contributed by atoms with Gasteiger partial charge in [-0.2, -0.15) is 0 Å². The molecule has 0 aromatic heterocycles. The zero-order valence-electron chi connectivity index (χ0n) is 11.8. The van der Waals surface area contributed by atoms with Crippen molar-refractivity contribution >= 4 is 5.78 Å². The Labute approximate surface area is 109 Å². The molecule has 3 rings (SSSR count). The van der Waals surface area contributed by atoms with E-state index in [-0.39, 0.29) is 10.8 Å². The molecule has 0 N–H and O–H groups in total. The van der Waals surface area contributed by atoms with Crippen LogP contribution in [0.15, 0.2) is 0 Å². The number of Topliss-reactive ketones (excluding diaryl/α,β-unsaturated/α-hetero) is 1. The predicted octanol–water partition coefficient (Wildman–Crippen LogP) is 2.93. The normalized spacial score (nSPS) is 40.3. The van der Waals surface area contributed by atoms with Crippen LogP contribution in [-0.2, 0) is 14.3 Å². The Balaban J connectivity index is 1.99. The molecule has 18 heavy (non-hydrogen) atoms. The fourth-order valence-corrected chi connectivity index (χ4v) is 4.54. The fraction of sp³-hybridized carbons (Fsp3) is 0.933. The lowest BCUT2D eigenvalue weighted by atomic mass is 9.59. The highest BCUT2D eigenvalue weighted by Crippen LogP contribution is 2.65. The zero-order valence-corrected chi connectivity index (χ0v) is 11.8. The molecule has 1 saturated heterocycles. The van der Waals surface area contributed by atoms with E-state index < -0.39 is 5.79 Å². The van der Waals surface area contributed by atoms with Crippen LogP contribution < -0.4 is 0 Å². The van der Waals surface area contributed by atoms with Crippen LogP contribution in [-0.4, -0.2) is 24.8 Å². The summed E-state index contributed by atoms with van der Waals surface area (Å²) in [6, 6.07) is 0. The second kappa shape index (κ2) is 3.80. The number of rotatable bonds is 2. The van der Waals surface area contributed by atoms with Gasteiger partial charge in [0.05, 0.1) is 13.2 Å². The molecular weight excluding hydrogens is 228 g/mol. The van der Waals surface area contributed by atoms with Crippen LogP contribution in [0.2, 0.25) is 0 Å². The quantitative estimate of drug-likeness (QED) is 0.758. The lowest BCUT2D eigenvalue weighted by Gasteiger charge is -2.52. The molecule has 2 atom stereocenters. The molecule has 2 saturated carbocycles. The number of ketones is 1. The fourth-order valence-electron chi connectivity index (χ4n) is 4.54. The summed E-state index contributed by atoms with van der Waals surface area (Å²) in [5, 5.41) is 0.